The van der Waals surface area contributed by atoms with Crippen LogP contribution in [0, 0.1) is 5.92 Å². The highest BCUT2D eigenvalue weighted by Crippen LogP contribution is 2.30. The van der Waals surface area contributed by atoms with Gasteiger partial charge in [-0.15, -0.1) is 10.2 Å². The third kappa shape index (κ3) is 3.21. The van der Waals surface area contributed by atoms with Crippen LogP contribution < -0.4 is 5.73 Å². The fourth-order valence-corrected chi connectivity index (χ4v) is 3.44. The number of fused-ring (bicyclic) bond motifs is 1. The highest BCUT2D eigenvalue weighted by Gasteiger charge is 2.39. The molecule has 2 heterocycles. The molecule has 0 radical (unpaired) electrons. The lowest BCUT2D eigenvalue weighted by atomic mass is 9.86. The maximum Gasteiger partial charge on any atom is 0.451 e. The van der Waals surface area contributed by atoms with E-state index >= 15 is 0 Å². The van der Waals surface area contributed by atoms with Crippen molar-refractivity contribution in [1.29, 1.82) is 0 Å². The van der Waals surface area contributed by atoms with Gasteiger partial charge in [-0.1, -0.05) is 6.42 Å². The minimum Gasteiger partial charge on any atom is -0.328 e. The molecule has 0 amide bonds. The van der Waals surface area contributed by atoms with Crippen LogP contribution >= 0.6 is 0 Å². The number of hydrogen-bond acceptors (Lipinski definition) is 4. The largest absolute Gasteiger partial charge is 0.451 e. The Labute approximate surface area is 121 Å². The summed E-state index contributed by atoms with van der Waals surface area (Å²) in [7, 11) is 0. The van der Waals surface area contributed by atoms with Crippen molar-refractivity contribution in [3.8, 4) is 0 Å². The molecule has 8 heteroatoms. The summed E-state index contributed by atoms with van der Waals surface area (Å²) in [5.41, 5.74) is 5.99. The summed E-state index contributed by atoms with van der Waals surface area (Å²) in [4.78, 5) is 2.17. The van der Waals surface area contributed by atoms with E-state index in [1.54, 1.807) is 0 Å². The van der Waals surface area contributed by atoms with Gasteiger partial charge >= 0.3 is 6.18 Å². The van der Waals surface area contributed by atoms with Gasteiger partial charge < -0.3 is 10.3 Å². The molecule has 118 valence electrons. The molecule has 2 atom stereocenters. The summed E-state index contributed by atoms with van der Waals surface area (Å²) in [6.45, 7) is 2.24. The van der Waals surface area contributed by atoms with Crippen LogP contribution in [-0.2, 0) is 19.3 Å². The van der Waals surface area contributed by atoms with Crippen molar-refractivity contribution >= 4 is 0 Å². The molecular formula is C13H20F3N5. The van der Waals surface area contributed by atoms with E-state index in [2.05, 4.69) is 15.1 Å². The average Bonchev–Trinajstić information content (AvgIpc) is 2.81. The van der Waals surface area contributed by atoms with Gasteiger partial charge in [-0.2, -0.15) is 13.2 Å². The zero-order chi connectivity index (χ0) is 15.0. The summed E-state index contributed by atoms with van der Waals surface area (Å²) in [5.74, 6) is 0.0795. The van der Waals surface area contributed by atoms with Gasteiger partial charge in [0.2, 0.25) is 5.82 Å². The van der Waals surface area contributed by atoms with Crippen LogP contribution in [0.4, 0.5) is 13.2 Å². The predicted molar refractivity (Wildman–Crippen MR) is 70.2 cm³/mol. The van der Waals surface area contributed by atoms with Gasteiger partial charge in [0, 0.05) is 25.7 Å². The van der Waals surface area contributed by atoms with E-state index in [-0.39, 0.29) is 6.04 Å². The molecule has 21 heavy (non-hydrogen) atoms. The standard InChI is InChI=1S/C13H20F3N5/c14-13(15,16)12-19-18-11-8-20(4-5-21(11)12)7-9-2-1-3-10(17)6-9/h9-10H,1-8,17H2. The Morgan fingerprint density at radius 2 is 2.00 bits per heavy atom. The molecule has 3 rings (SSSR count). The second kappa shape index (κ2) is 5.57. The maximum atomic E-state index is 12.8. The number of aromatic nitrogens is 3. The highest BCUT2D eigenvalue weighted by molar-refractivity contribution is 5.02. The van der Waals surface area contributed by atoms with Crippen LogP contribution in [0.5, 0.6) is 0 Å². The predicted octanol–water partition coefficient (Wildman–Crippen LogP) is 1.63. The number of halogens is 3. The molecule has 0 spiro atoms. The van der Waals surface area contributed by atoms with Crippen molar-refractivity contribution in [3.05, 3.63) is 11.6 Å². The van der Waals surface area contributed by atoms with Crippen molar-refractivity contribution in [2.75, 3.05) is 13.1 Å². The lowest BCUT2D eigenvalue weighted by molar-refractivity contribution is -0.148. The van der Waals surface area contributed by atoms with Crippen molar-refractivity contribution in [2.24, 2.45) is 11.7 Å². The Morgan fingerprint density at radius 3 is 2.71 bits per heavy atom. The lowest BCUT2D eigenvalue weighted by Gasteiger charge is -2.34. The molecule has 5 nitrogen and oxygen atoms in total. The first-order valence-corrected chi connectivity index (χ1v) is 7.40. The fourth-order valence-electron chi connectivity index (χ4n) is 3.44. The fraction of sp³-hybridized carbons (Fsp3) is 0.846. The Morgan fingerprint density at radius 1 is 1.19 bits per heavy atom. The molecular weight excluding hydrogens is 283 g/mol. The molecule has 0 saturated heterocycles. The summed E-state index contributed by atoms with van der Waals surface area (Å²) in [6, 6.07) is 0.272. The molecule has 1 saturated carbocycles. The molecule has 1 aromatic rings. The van der Waals surface area contributed by atoms with E-state index in [4.69, 9.17) is 5.73 Å². The van der Waals surface area contributed by atoms with Gasteiger partial charge in [-0.25, -0.2) is 0 Å². The second-order valence-corrected chi connectivity index (χ2v) is 6.12. The van der Waals surface area contributed by atoms with E-state index in [1.807, 2.05) is 0 Å². The first-order valence-electron chi connectivity index (χ1n) is 7.40. The van der Waals surface area contributed by atoms with Crippen molar-refractivity contribution in [3.63, 3.8) is 0 Å². The van der Waals surface area contributed by atoms with Crippen LogP contribution in [0.2, 0.25) is 0 Å². The minimum absolute atomic E-state index is 0.272. The van der Waals surface area contributed by atoms with Gasteiger partial charge in [-0.3, -0.25) is 4.90 Å². The molecule has 2 unspecified atom stereocenters. The van der Waals surface area contributed by atoms with Crippen LogP contribution in [0.25, 0.3) is 0 Å². The van der Waals surface area contributed by atoms with E-state index < -0.39 is 12.0 Å². The molecule has 1 aromatic heterocycles. The quantitative estimate of drug-likeness (QED) is 0.902. The zero-order valence-electron chi connectivity index (χ0n) is 11.8. The van der Waals surface area contributed by atoms with Crippen LogP contribution in [0.3, 0.4) is 0 Å². The normalized spacial score (nSPS) is 27.6. The average molecular weight is 303 g/mol. The summed E-state index contributed by atoms with van der Waals surface area (Å²) in [6.07, 6.45) is -0.0287. The first-order chi connectivity index (χ1) is 9.93. The van der Waals surface area contributed by atoms with Gasteiger partial charge in [0.1, 0.15) is 5.82 Å². The maximum absolute atomic E-state index is 12.8. The van der Waals surface area contributed by atoms with E-state index in [9.17, 15) is 13.2 Å². The van der Waals surface area contributed by atoms with Crippen LogP contribution in [0.1, 0.15) is 37.3 Å². The Bertz CT molecular complexity index is 498. The molecule has 1 aliphatic carbocycles. The number of nitrogens with two attached hydrogens (primary N) is 1. The van der Waals surface area contributed by atoms with E-state index in [0.717, 1.165) is 32.2 Å². The molecule has 0 aromatic carbocycles. The SMILES string of the molecule is NC1CCCC(CN2CCn3c(nnc3C(F)(F)F)C2)C1. The molecule has 0 bridgehead atoms. The third-order valence-corrected chi connectivity index (χ3v) is 4.43. The summed E-state index contributed by atoms with van der Waals surface area (Å²) in [5, 5.41) is 7.01. The van der Waals surface area contributed by atoms with Gasteiger partial charge in [0.05, 0.1) is 6.54 Å². The van der Waals surface area contributed by atoms with E-state index in [1.165, 1.54) is 4.57 Å². The zero-order valence-corrected chi connectivity index (χ0v) is 11.8. The molecule has 2 N–H and O–H groups in total. The van der Waals surface area contributed by atoms with Crippen molar-refractivity contribution in [2.45, 2.75) is 51.0 Å². The third-order valence-electron chi connectivity index (χ3n) is 4.43. The summed E-state index contributed by atoms with van der Waals surface area (Å²) >= 11 is 0. The smallest absolute Gasteiger partial charge is 0.328 e. The first kappa shape index (κ1) is 14.8. The molecule has 1 fully saturated rings. The topological polar surface area (TPSA) is 60.0 Å². The number of hydrogen-bond donors (Lipinski definition) is 1. The highest BCUT2D eigenvalue weighted by atomic mass is 19.4. The number of alkyl halides is 3. The Balaban J connectivity index is 1.64. The number of rotatable bonds is 2. The van der Waals surface area contributed by atoms with Gasteiger partial charge in [0.15, 0.2) is 0 Å². The van der Waals surface area contributed by atoms with Crippen molar-refractivity contribution < 1.29 is 13.2 Å². The Hall–Kier alpha value is -1.15. The minimum atomic E-state index is -4.43. The van der Waals surface area contributed by atoms with Crippen LogP contribution in [0.15, 0.2) is 0 Å². The number of nitrogens with zero attached hydrogens (tertiary/aromatic N) is 4. The van der Waals surface area contributed by atoms with Crippen molar-refractivity contribution in [1.82, 2.24) is 19.7 Å². The molecule has 1 aliphatic heterocycles. The lowest BCUT2D eigenvalue weighted by Crippen LogP contribution is -2.40. The van der Waals surface area contributed by atoms with Crippen LogP contribution in [-0.4, -0.2) is 38.8 Å². The summed E-state index contributed by atoms with van der Waals surface area (Å²) < 4.78 is 39.5. The monoisotopic (exact) mass is 303 g/mol. The second-order valence-electron chi connectivity index (χ2n) is 6.12. The van der Waals surface area contributed by atoms with E-state index in [0.29, 0.717) is 31.4 Å². The Kier molecular flexibility index (Phi) is 3.92. The van der Waals surface area contributed by atoms with Gasteiger partial charge in [0.25, 0.3) is 0 Å². The molecule has 2 aliphatic rings. The van der Waals surface area contributed by atoms with Gasteiger partial charge in [-0.05, 0) is 25.2 Å².